The molecule has 0 heterocycles. The molecule has 2 radical (unpaired) electrons. The fourth-order valence-corrected chi connectivity index (χ4v) is 10.1. The van der Waals surface area contributed by atoms with Gasteiger partial charge in [-0.3, -0.25) is 0 Å². The van der Waals surface area contributed by atoms with Crippen LogP contribution in [0.1, 0.15) is 50.7 Å². The third kappa shape index (κ3) is 12.6. The minimum atomic E-state index is -1.36. The molecule has 0 nitrogen and oxygen atoms in total. The van der Waals surface area contributed by atoms with E-state index in [4.69, 9.17) is 17.0 Å². The van der Waals surface area contributed by atoms with Gasteiger partial charge in [-0.05, 0) is 24.0 Å². The van der Waals surface area contributed by atoms with E-state index in [9.17, 15) is 0 Å². The van der Waals surface area contributed by atoms with Gasteiger partial charge in [0.05, 0.1) is 16.1 Å². The Labute approximate surface area is 340 Å². The Hall–Kier alpha value is -1.79. The molecule has 0 spiro atoms. The van der Waals surface area contributed by atoms with Crippen LogP contribution in [0.4, 0.5) is 0 Å². The molecule has 0 unspecified atom stereocenters. The molecule has 0 aromatic heterocycles. The maximum absolute atomic E-state index is 4.93. The second-order valence-corrected chi connectivity index (χ2v) is 30.5. The van der Waals surface area contributed by atoms with Crippen molar-refractivity contribution in [2.45, 2.75) is 105 Å². The van der Waals surface area contributed by atoms with E-state index in [2.05, 4.69) is 175 Å². The van der Waals surface area contributed by atoms with Gasteiger partial charge in [0, 0.05) is 9.52 Å². The number of hydrogen-bond donors (Lipinski definition) is 0. The van der Waals surface area contributed by atoms with Gasteiger partial charge in [0.1, 0.15) is 0 Å². The van der Waals surface area contributed by atoms with E-state index in [1.807, 2.05) is 0 Å². The Balaban J connectivity index is 0.000000244. The molecule has 6 heteroatoms. The Morgan fingerprint density at radius 3 is 1.19 bits per heavy atom. The van der Waals surface area contributed by atoms with Crippen molar-refractivity contribution in [3.63, 3.8) is 0 Å². The summed E-state index contributed by atoms with van der Waals surface area (Å²) in [7, 11) is 8.23. The molecule has 0 aliphatic carbocycles. The van der Waals surface area contributed by atoms with Gasteiger partial charge in [0.25, 0.3) is 0 Å². The summed E-state index contributed by atoms with van der Waals surface area (Å²) in [6.45, 7) is 23.4. The number of rotatable bonds is 10. The van der Waals surface area contributed by atoms with Crippen molar-refractivity contribution in [1.82, 2.24) is 0 Å². The third-order valence-electron chi connectivity index (χ3n) is 9.31. The van der Waals surface area contributed by atoms with Crippen LogP contribution in [0.3, 0.4) is 0 Å². The van der Waals surface area contributed by atoms with E-state index < -0.39 is 37.0 Å². The molecule has 0 saturated heterocycles. The Morgan fingerprint density at radius 1 is 0.538 bits per heavy atom. The number of fused-ring (bicyclic) bond motifs is 2. The predicted molar refractivity (Wildman–Crippen MR) is 242 cm³/mol. The third-order valence-corrected chi connectivity index (χ3v) is 13.4. The standard InChI is InChI=1S/2C22H27Si.C2H6Si.2ClH.Zr/c2*1-5-6-10-17-15-18-11-9-13-19(21(18)16-17)20-12-7-8-14-22(20)23(2,3)4;1-3-2;;;/h2*7-9,11-16H,5-6,10H2,1-4H3;1-2H3;2*1H;/q2*-1;;;;+4/p-2. The van der Waals surface area contributed by atoms with Crippen LogP contribution in [0.25, 0.3) is 43.8 Å². The average Bonchev–Trinajstić information content (AvgIpc) is 3.74. The van der Waals surface area contributed by atoms with E-state index in [1.165, 1.54) is 93.5 Å². The summed E-state index contributed by atoms with van der Waals surface area (Å²) < 4.78 is 0. The van der Waals surface area contributed by atoms with Crippen molar-refractivity contribution in [2.24, 2.45) is 0 Å². The van der Waals surface area contributed by atoms with Gasteiger partial charge in [0.2, 0.25) is 0 Å². The minimum absolute atomic E-state index is 0.826. The summed E-state index contributed by atoms with van der Waals surface area (Å²) in [5, 5.41) is 8.74. The van der Waals surface area contributed by atoms with Crippen LogP contribution < -0.4 is 10.4 Å². The monoisotopic (exact) mass is 856 g/mol. The van der Waals surface area contributed by atoms with E-state index in [-0.39, 0.29) is 0 Å². The number of aryl methyl sites for hydroxylation is 2. The molecular weight excluding hydrogens is 799 g/mol. The van der Waals surface area contributed by atoms with Gasteiger partial charge in [-0.25, -0.2) is 0 Å². The maximum atomic E-state index is 4.93. The summed E-state index contributed by atoms with van der Waals surface area (Å²) in [4.78, 5) is 0. The number of hydrogen-bond acceptors (Lipinski definition) is 0. The average molecular weight is 859 g/mol. The summed E-state index contributed by atoms with van der Waals surface area (Å²) in [5.41, 5.74) is 8.65. The zero-order chi connectivity index (χ0) is 38.3. The fraction of sp³-hybridized carbons (Fsp3) is 0.348. The van der Waals surface area contributed by atoms with E-state index in [1.54, 1.807) is 10.4 Å². The van der Waals surface area contributed by atoms with Crippen molar-refractivity contribution in [3.05, 3.63) is 120 Å². The van der Waals surface area contributed by atoms with Crippen molar-refractivity contribution in [2.75, 3.05) is 0 Å². The van der Waals surface area contributed by atoms with Crippen LogP contribution in [0.15, 0.2) is 109 Å². The van der Waals surface area contributed by atoms with Crippen LogP contribution in [-0.4, -0.2) is 25.7 Å². The molecule has 0 aliphatic rings. The number of unbranched alkanes of at least 4 members (excludes halogenated alkanes) is 2. The SMILES string of the molecule is CCCCc1cc2c(-c3ccccc3[Si](C)(C)C)cccc2[cH-]1.CCCCc1cc2c(-c3ccccc3[Si](C)(C)C)cccc2[cH-]1.C[Si]C.[Cl][Zr+2][Cl]. The van der Waals surface area contributed by atoms with Gasteiger partial charge in [-0.2, -0.15) is 12.1 Å². The molecule has 0 bridgehead atoms. The van der Waals surface area contributed by atoms with Crippen molar-refractivity contribution >= 4 is 74.6 Å². The quantitative estimate of drug-likeness (QED) is 0.0951. The summed E-state index contributed by atoms with van der Waals surface area (Å²) in [6, 6.07) is 41.1. The number of benzene rings is 4. The summed E-state index contributed by atoms with van der Waals surface area (Å²) >= 11 is -0.826. The predicted octanol–water partition coefficient (Wildman–Crippen LogP) is 14.4. The van der Waals surface area contributed by atoms with Gasteiger partial charge in [-0.15, -0.1) is 69.1 Å². The second kappa shape index (κ2) is 21.9. The zero-order valence-corrected chi connectivity index (χ0v) is 40.4. The molecule has 274 valence electrons. The Kier molecular flexibility index (Phi) is 18.8. The molecule has 6 aromatic carbocycles. The molecule has 52 heavy (non-hydrogen) atoms. The molecule has 0 fully saturated rings. The topological polar surface area (TPSA) is 0 Å². The fourth-order valence-electron chi connectivity index (χ4n) is 6.86. The van der Waals surface area contributed by atoms with Gasteiger partial charge in [0.15, 0.2) is 0 Å². The normalized spacial score (nSPS) is 11.2. The summed E-state index contributed by atoms with van der Waals surface area (Å²) in [5.74, 6) is 0. The van der Waals surface area contributed by atoms with E-state index >= 15 is 0 Å². The van der Waals surface area contributed by atoms with Gasteiger partial charge < -0.3 is 0 Å². The van der Waals surface area contributed by atoms with Crippen LogP contribution in [0, 0.1) is 0 Å². The van der Waals surface area contributed by atoms with Crippen LogP contribution in [0.2, 0.25) is 52.4 Å². The molecule has 0 amide bonds. The Morgan fingerprint density at radius 2 is 0.865 bits per heavy atom. The van der Waals surface area contributed by atoms with Crippen LogP contribution >= 0.6 is 17.0 Å². The molecular formula is C46H60Cl2Si3Zr. The summed E-state index contributed by atoms with van der Waals surface area (Å²) in [6.07, 6.45) is 7.45. The first-order valence-corrected chi connectivity index (χ1v) is 34.3. The van der Waals surface area contributed by atoms with Crippen molar-refractivity contribution < 1.29 is 20.8 Å². The molecule has 0 saturated carbocycles. The Bertz CT molecular complexity index is 1800. The molecule has 6 aromatic rings. The first-order chi connectivity index (χ1) is 24.8. The van der Waals surface area contributed by atoms with Crippen LogP contribution in [-0.2, 0) is 33.7 Å². The first-order valence-electron chi connectivity index (χ1n) is 19.0. The molecule has 6 rings (SSSR count). The second-order valence-electron chi connectivity index (χ2n) is 15.7. The molecule has 0 aliphatic heterocycles. The van der Waals surface area contributed by atoms with Gasteiger partial charge >= 0.3 is 37.9 Å². The molecule has 0 N–H and O–H groups in total. The van der Waals surface area contributed by atoms with E-state index in [0.29, 0.717) is 0 Å². The van der Waals surface area contributed by atoms with Crippen molar-refractivity contribution in [3.8, 4) is 22.3 Å². The number of halogens is 2. The van der Waals surface area contributed by atoms with E-state index in [0.717, 1.165) is 9.52 Å². The first kappa shape index (κ1) is 44.6. The van der Waals surface area contributed by atoms with Gasteiger partial charge in [-0.1, -0.05) is 174 Å². The molecule has 0 atom stereocenters. The zero-order valence-electron chi connectivity index (χ0n) is 33.4. The van der Waals surface area contributed by atoms with Crippen molar-refractivity contribution in [1.29, 1.82) is 0 Å². The van der Waals surface area contributed by atoms with Crippen LogP contribution in [0.5, 0.6) is 0 Å².